The lowest BCUT2D eigenvalue weighted by molar-refractivity contribution is -0.384. The standard InChI is InChI=1S/C20H13FN4O4S/c21-14-5-2-6-15(11-14)24-19(17-8-3-9-30-17)22-18(23-24)20(26)29-12-13-4-1-7-16(10-13)25(27)28/h1-11H,12H2. The van der Waals surface area contributed by atoms with Crippen molar-refractivity contribution in [3.8, 4) is 16.4 Å². The van der Waals surface area contributed by atoms with Crippen molar-refractivity contribution in [2.24, 2.45) is 0 Å². The molecule has 150 valence electrons. The number of aromatic nitrogens is 3. The van der Waals surface area contributed by atoms with E-state index in [9.17, 15) is 19.3 Å². The topological polar surface area (TPSA) is 100 Å². The Balaban J connectivity index is 1.61. The number of nitro benzene ring substituents is 1. The van der Waals surface area contributed by atoms with Crippen LogP contribution in [0.5, 0.6) is 0 Å². The summed E-state index contributed by atoms with van der Waals surface area (Å²) in [6.07, 6.45) is 0. The summed E-state index contributed by atoms with van der Waals surface area (Å²) in [7, 11) is 0. The van der Waals surface area contributed by atoms with Crippen LogP contribution in [0.4, 0.5) is 10.1 Å². The van der Waals surface area contributed by atoms with Crippen molar-refractivity contribution in [1.29, 1.82) is 0 Å². The SMILES string of the molecule is O=C(OCc1cccc([N+](=O)[O-])c1)c1nc(-c2cccs2)n(-c2cccc(F)c2)n1. The number of ether oxygens (including phenoxy) is 1. The molecule has 0 fully saturated rings. The molecule has 0 spiro atoms. The van der Waals surface area contributed by atoms with E-state index in [4.69, 9.17) is 4.74 Å². The molecule has 0 unspecified atom stereocenters. The van der Waals surface area contributed by atoms with Crippen LogP contribution in [0.25, 0.3) is 16.4 Å². The summed E-state index contributed by atoms with van der Waals surface area (Å²) in [6.45, 7) is -0.177. The van der Waals surface area contributed by atoms with Crippen LogP contribution in [0.1, 0.15) is 16.2 Å². The molecule has 4 aromatic rings. The Morgan fingerprint density at radius 2 is 2.00 bits per heavy atom. The molecule has 0 atom stereocenters. The number of nitrogens with zero attached hydrogens (tertiary/aromatic N) is 4. The van der Waals surface area contributed by atoms with Crippen molar-refractivity contribution < 1.29 is 18.8 Å². The zero-order chi connectivity index (χ0) is 21.1. The van der Waals surface area contributed by atoms with Gasteiger partial charge in [-0.2, -0.15) is 4.98 Å². The Hall–Kier alpha value is -3.92. The van der Waals surface area contributed by atoms with Crippen molar-refractivity contribution in [2.45, 2.75) is 6.61 Å². The first-order valence-electron chi connectivity index (χ1n) is 8.68. The van der Waals surface area contributed by atoms with Gasteiger partial charge in [0.15, 0.2) is 5.82 Å². The highest BCUT2D eigenvalue weighted by Crippen LogP contribution is 2.26. The number of hydrogen-bond acceptors (Lipinski definition) is 7. The van der Waals surface area contributed by atoms with Crippen LogP contribution in [-0.2, 0) is 11.3 Å². The minimum absolute atomic E-state index is 0.1000. The molecule has 2 aromatic heterocycles. The molecule has 0 saturated heterocycles. The summed E-state index contributed by atoms with van der Waals surface area (Å²) in [4.78, 5) is 27.9. The van der Waals surface area contributed by atoms with E-state index in [1.807, 2.05) is 17.5 Å². The highest BCUT2D eigenvalue weighted by Gasteiger charge is 2.21. The maximum absolute atomic E-state index is 13.7. The van der Waals surface area contributed by atoms with Gasteiger partial charge in [-0.3, -0.25) is 10.1 Å². The second-order valence-corrected chi connectivity index (χ2v) is 7.08. The molecule has 8 nitrogen and oxygen atoms in total. The Bertz CT molecular complexity index is 1220. The molecular weight excluding hydrogens is 411 g/mol. The second kappa shape index (κ2) is 8.21. The molecule has 0 N–H and O–H groups in total. The summed E-state index contributed by atoms with van der Waals surface area (Å²) in [5.41, 5.74) is 0.765. The van der Waals surface area contributed by atoms with E-state index < -0.39 is 16.7 Å². The van der Waals surface area contributed by atoms with Gasteiger partial charge in [0.2, 0.25) is 0 Å². The lowest BCUT2D eigenvalue weighted by Crippen LogP contribution is -2.08. The maximum Gasteiger partial charge on any atom is 0.378 e. The largest absolute Gasteiger partial charge is 0.455 e. The summed E-state index contributed by atoms with van der Waals surface area (Å²) in [5.74, 6) is -1.07. The van der Waals surface area contributed by atoms with Gasteiger partial charge in [-0.15, -0.1) is 16.4 Å². The quantitative estimate of drug-likeness (QED) is 0.258. The van der Waals surface area contributed by atoms with Crippen LogP contribution in [-0.4, -0.2) is 25.7 Å². The number of benzene rings is 2. The number of thiophene rings is 1. The van der Waals surface area contributed by atoms with Crippen molar-refractivity contribution in [1.82, 2.24) is 14.8 Å². The monoisotopic (exact) mass is 424 g/mol. The summed E-state index contributed by atoms with van der Waals surface area (Å²) in [5, 5.41) is 16.9. The average molecular weight is 424 g/mol. The van der Waals surface area contributed by atoms with Gasteiger partial charge in [0, 0.05) is 12.1 Å². The van der Waals surface area contributed by atoms with Crippen molar-refractivity contribution >= 4 is 23.0 Å². The first-order valence-corrected chi connectivity index (χ1v) is 9.56. The average Bonchev–Trinajstić information content (AvgIpc) is 3.42. The first kappa shape index (κ1) is 19.4. The molecule has 2 aromatic carbocycles. The zero-order valence-corrected chi connectivity index (χ0v) is 16.1. The molecule has 0 saturated carbocycles. The van der Waals surface area contributed by atoms with Gasteiger partial charge in [-0.25, -0.2) is 13.9 Å². The van der Waals surface area contributed by atoms with Gasteiger partial charge in [-0.05, 0) is 35.2 Å². The number of esters is 1. The molecule has 0 radical (unpaired) electrons. The van der Waals surface area contributed by atoms with E-state index in [-0.39, 0.29) is 18.1 Å². The Kier molecular flexibility index (Phi) is 5.31. The van der Waals surface area contributed by atoms with Crippen LogP contribution in [0.3, 0.4) is 0 Å². The molecule has 2 heterocycles. The molecule has 0 amide bonds. The third kappa shape index (κ3) is 4.08. The fraction of sp³-hybridized carbons (Fsp3) is 0.0500. The number of non-ortho nitro benzene ring substituents is 1. The molecule has 0 aliphatic rings. The Labute approximate surface area is 173 Å². The van der Waals surface area contributed by atoms with Gasteiger partial charge in [0.25, 0.3) is 11.5 Å². The van der Waals surface area contributed by atoms with Crippen LogP contribution < -0.4 is 0 Å². The van der Waals surface area contributed by atoms with E-state index in [1.165, 1.54) is 52.4 Å². The minimum Gasteiger partial charge on any atom is -0.455 e. The number of nitro groups is 1. The third-order valence-corrected chi connectivity index (χ3v) is 4.94. The first-order chi connectivity index (χ1) is 14.5. The van der Waals surface area contributed by atoms with E-state index in [2.05, 4.69) is 10.1 Å². The summed E-state index contributed by atoms with van der Waals surface area (Å²) in [6, 6.07) is 15.2. The van der Waals surface area contributed by atoms with Crippen LogP contribution in [0, 0.1) is 15.9 Å². The molecule has 30 heavy (non-hydrogen) atoms. The maximum atomic E-state index is 13.7. The van der Waals surface area contributed by atoms with Gasteiger partial charge < -0.3 is 4.74 Å². The highest BCUT2D eigenvalue weighted by molar-refractivity contribution is 7.13. The minimum atomic E-state index is -0.797. The zero-order valence-electron chi connectivity index (χ0n) is 15.3. The fourth-order valence-corrected chi connectivity index (χ4v) is 3.42. The molecule has 0 aliphatic heterocycles. The Morgan fingerprint density at radius 1 is 1.17 bits per heavy atom. The van der Waals surface area contributed by atoms with Crippen LogP contribution in [0.15, 0.2) is 66.0 Å². The number of halogens is 1. The number of hydrogen-bond donors (Lipinski definition) is 0. The van der Waals surface area contributed by atoms with Crippen molar-refractivity contribution in [2.75, 3.05) is 0 Å². The molecule has 10 heteroatoms. The van der Waals surface area contributed by atoms with Crippen molar-refractivity contribution in [3.05, 3.63) is 93.4 Å². The Morgan fingerprint density at radius 3 is 2.73 bits per heavy atom. The van der Waals surface area contributed by atoms with Gasteiger partial charge in [0.05, 0.1) is 15.5 Å². The van der Waals surface area contributed by atoms with E-state index in [0.29, 0.717) is 17.1 Å². The summed E-state index contributed by atoms with van der Waals surface area (Å²) < 4.78 is 20.3. The van der Waals surface area contributed by atoms with Crippen molar-refractivity contribution in [3.63, 3.8) is 0 Å². The molecule has 0 bridgehead atoms. The lowest BCUT2D eigenvalue weighted by atomic mass is 10.2. The predicted molar refractivity (Wildman–Crippen MR) is 107 cm³/mol. The number of carbonyl (C=O) groups is 1. The number of carbonyl (C=O) groups excluding carboxylic acids is 1. The summed E-state index contributed by atoms with van der Waals surface area (Å²) >= 11 is 1.40. The fourth-order valence-electron chi connectivity index (χ4n) is 2.72. The molecule has 4 rings (SSSR count). The smallest absolute Gasteiger partial charge is 0.378 e. The van der Waals surface area contributed by atoms with Crippen LogP contribution >= 0.6 is 11.3 Å². The highest BCUT2D eigenvalue weighted by atomic mass is 32.1. The van der Waals surface area contributed by atoms with Crippen LogP contribution in [0.2, 0.25) is 0 Å². The van der Waals surface area contributed by atoms with Gasteiger partial charge in [-0.1, -0.05) is 24.3 Å². The molecule has 0 aliphatic carbocycles. The van der Waals surface area contributed by atoms with E-state index >= 15 is 0 Å². The second-order valence-electron chi connectivity index (χ2n) is 6.13. The third-order valence-electron chi connectivity index (χ3n) is 4.08. The molecular formula is C20H13FN4O4S. The van der Waals surface area contributed by atoms with E-state index in [1.54, 1.807) is 12.1 Å². The predicted octanol–water partition coefficient (Wildman–Crippen LogP) is 4.40. The van der Waals surface area contributed by atoms with E-state index in [0.717, 1.165) is 4.88 Å². The number of rotatable bonds is 6. The van der Waals surface area contributed by atoms with Gasteiger partial charge in [0.1, 0.15) is 12.4 Å². The lowest BCUT2D eigenvalue weighted by Gasteiger charge is -2.04. The van der Waals surface area contributed by atoms with Gasteiger partial charge >= 0.3 is 5.97 Å². The normalized spacial score (nSPS) is 10.7.